The average Bonchev–Trinajstić information content (AvgIpc) is 2.76. The Bertz CT molecular complexity index is 437. The van der Waals surface area contributed by atoms with E-state index in [1.165, 1.54) is 23.7 Å². The van der Waals surface area contributed by atoms with Gasteiger partial charge in [0, 0.05) is 25.1 Å². The normalized spacial score (nSPS) is 11.9. The highest BCUT2D eigenvalue weighted by molar-refractivity contribution is 7.98. The van der Waals surface area contributed by atoms with E-state index in [0.29, 0.717) is 10.3 Å². The van der Waals surface area contributed by atoms with Crippen LogP contribution in [0, 0.1) is 5.92 Å². The van der Waals surface area contributed by atoms with Gasteiger partial charge in [0.1, 0.15) is 0 Å². The van der Waals surface area contributed by atoms with Gasteiger partial charge in [0.05, 0.1) is 5.92 Å². The summed E-state index contributed by atoms with van der Waals surface area (Å²) in [6, 6.07) is -0.396. The van der Waals surface area contributed by atoms with Crippen LogP contribution in [-0.2, 0) is 4.79 Å². The van der Waals surface area contributed by atoms with Crippen molar-refractivity contribution in [3.8, 4) is 0 Å². The van der Waals surface area contributed by atoms with Gasteiger partial charge in [0.15, 0.2) is 0 Å². The second-order valence-electron chi connectivity index (χ2n) is 3.64. The Morgan fingerprint density at radius 2 is 2.28 bits per heavy atom. The number of urea groups is 1. The summed E-state index contributed by atoms with van der Waals surface area (Å²) in [6.45, 7) is 1.68. The number of carbonyl (C=O) groups is 2. The van der Waals surface area contributed by atoms with Crippen LogP contribution in [0.5, 0.6) is 0 Å². The number of carboxylic acid groups (broad SMARTS) is 1. The lowest BCUT2D eigenvalue weighted by Gasteiger charge is -2.18. The van der Waals surface area contributed by atoms with Crippen LogP contribution in [0.4, 0.5) is 9.93 Å². The third kappa shape index (κ3) is 4.15. The molecule has 0 aliphatic rings. The zero-order valence-corrected chi connectivity index (χ0v) is 11.8. The van der Waals surface area contributed by atoms with Crippen molar-refractivity contribution in [2.75, 3.05) is 25.2 Å². The second kappa shape index (κ2) is 6.55. The van der Waals surface area contributed by atoms with Crippen molar-refractivity contribution in [3.05, 3.63) is 0 Å². The fourth-order valence-corrected chi connectivity index (χ4v) is 2.22. The van der Waals surface area contributed by atoms with Crippen molar-refractivity contribution in [1.29, 1.82) is 0 Å². The van der Waals surface area contributed by atoms with E-state index < -0.39 is 17.9 Å². The highest BCUT2D eigenvalue weighted by Crippen LogP contribution is 2.17. The molecule has 0 fully saturated rings. The first-order chi connectivity index (χ1) is 8.43. The lowest BCUT2D eigenvalue weighted by atomic mass is 10.2. The van der Waals surface area contributed by atoms with Crippen molar-refractivity contribution in [2.24, 2.45) is 5.92 Å². The number of nitrogens with one attached hydrogen (secondary N) is 1. The van der Waals surface area contributed by atoms with Gasteiger partial charge in [-0.25, -0.2) is 4.79 Å². The smallest absolute Gasteiger partial charge is 0.323 e. The van der Waals surface area contributed by atoms with E-state index in [1.54, 1.807) is 6.92 Å². The van der Waals surface area contributed by atoms with E-state index in [-0.39, 0.29) is 6.54 Å². The van der Waals surface area contributed by atoms with E-state index in [0.717, 1.165) is 11.5 Å². The predicted octanol–water partition coefficient (Wildman–Crippen LogP) is 1.44. The molecular formula is C9H14N4O3S2. The summed E-state index contributed by atoms with van der Waals surface area (Å²) in [7, 11) is 1.53. The number of thioether (sulfide) groups is 1. The summed E-state index contributed by atoms with van der Waals surface area (Å²) < 4.78 is 4.00. The maximum Gasteiger partial charge on any atom is 0.323 e. The van der Waals surface area contributed by atoms with E-state index in [1.807, 2.05) is 6.26 Å². The first-order valence-corrected chi connectivity index (χ1v) is 7.06. The fourth-order valence-electron chi connectivity index (χ4n) is 1.10. The van der Waals surface area contributed by atoms with Gasteiger partial charge in [-0.1, -0.05) is 18.7 Å². The van der Waals surface area contributed by atoms with Crippen molar-refractivity contribution < 1.29 is 14.7 Å². The van der Waals surface area contributed by atoms with Crippen LogP contribution in [0.2, 0.25) is 0 Å². The summed E-state index contributed by atoms with van der Waals surface area (Å²) in [4.78, 5) is 27.8. The number of nitrogens with zero attached hydrogens (tertiary/aromatic N) is 3. The van der Waals surface area contributed by atoms with Gasteiger partial charge < -0.3 is 10.0 Å². The van der Waals surface area contributed by atoms with Crippen LogP contribution in [0.25, 0.3) is 0 Å². The number of rotatable bonds is 5. The van der Waals surface area contributed by atoms with Crippen molar-refractivity contribution in [1.82, 2.24) is 14.3 Å². The molecule has 1 rings (SSSR count). The van der Waals surface area contributed by atoms with Crippen LogP contribution in [0.3, 0.4) is 0 Å². The van der Waals surface area contributed by atoms with Gasteiger partial charge in [-0.15, -0.1) is 0 Å². The number of amides is 2. The fraction of sp³-hybridized carbons (Fsp3) is 0.556. The Morgan fingerprint density at radius 3 is 2.78 bits per heavy atom. The average molecular weight is 290 g/mol. The van der Waals surface area contributed by atoms with Gasteiger partial charge in [-0.2, -0.15) is 9.36 Å². The maximum atomic E-state index is 11.7. The zero-order valence-electron chi connectivity index (χ0n) is 10.2. The minimum absolute atomic E-state index is 0.134. The summed E-state index contributed by atoms with van der Waals surface area (Å²) in [6.07, 6.45) is 1.84. The van der Waals surface area contributed by atoms with E-state index in [4.69, 9.17) is 5.11 Å². The quantitative estimate of drug-likeness (QED) is 0.797. The summed E-state index contributed by atoms with van der Waals surface area (Å²) in [5.74, 6) is -1.55. The van der Waals surface area contributed by atoms with Gasteiger partial charge in [-0.05, 0) is 6.26 Å². The molecule has 1 atom stereocenters. The number of carbonyl (C=O) groups excluding carboxylic acids is 1. The number of carboxylic acids is 1. The molecule has 2 amide bonds. The molecule has 0 aromatic carbocycles. The third-order valence-electron chi connectivity index (χ3n) is 2.12. The zero-order chi connectivity index (χ0) is 13.7. The lowest BCUT2D eigenvalue weighted by Crippen LogP contribution is -2.36. The Labute approximate surface area is 113 Å². The molecule has 100 valence electrons. The van der Waals surface area contributed by atoms with Crippen LogP contribution in [0.1, 0.15) is 6.92 Å². The number of hydrogen-bond acceptors (Lipinski definition) is 6. The summed E-state index contributed by atoms with van der Waals surface area (Å²) in [5, 5.41) is 12.3. The molecule has 1 heterocycles. The minimum Gasteiger partial charge on any atom is -0.481 e. The van der Waals surface area contributed by atoms with Crippen molar-refractivity contribution >= 4 is 40.4 Å². The SMILES string of the molecule is CSc1nsc(NC(=O)N(C)CC(C)C(=O)O)n1. The molecule has 9 heteroatoms. The maximum absolute atomic E-state index is 11.7. The first-order valence-electron chi connectivity index (χ1n) is 5.06. The Morgan fingerprint density at radius 1 is 1.61 bits per heavy atom. The molecule has 0 aliphatic heterocycles. The number of aromatic nitrogens is 2. The molecule has 1 unspecified atom stereocenters. The second-order valence-corrected chi connectivity index (χ2v) is 5.16. The van der Waals surface area contributed by atoms with E-state index >= 15 is 0 Å². The van der Waals surface area contributed by atoms with Gasteiger partial charge in [-0.3, -0.25) is 10.1 Å². The number of hydrogen-bond donors (Lipinski definition) is 2. The van der Waals surface area contributed by atoms with Gasteiger partial charge >= 0.3 is 12.0 Å². The molecule has 1 aromatic rings. The predicted molar refractivity (Wildman–Crippen MR) is 70.1 cm³/mol. The van der Waals surface area contributed by atoms with Gasteiger partial charge in [0.2, 0.25) is 10.3 Å². The standard InChI is InChI=1S/C9H14N4O3S2/c1-5(6(14)15)4-13(2)9(16)11-7-10-8(17-3)12-18-7/h5H,4H2,1-3H3,(H,14,15)(H,10,11,12,16). The topological polar surface area (TPSA) is 95.4 Å². The Hall–Kier alpha value is -1.35. The van der Waals surface area contributed by atoms with E-state index in [2.05, 4.69) is 14.7 Å². The molecule has 0 spiro atoms. The molecule has 0 radical (unpaired) electrons. The molecule has 0 saturated heterocycles. The highest BCUT2D eigenvalue weighted by atomic mass is 32.2. The summed E-state index contributed by atoms with van der Waals surface area (Å²) >= 11 is 2.47. The molecule has 0 aliphatic carbocycles. The van der Waals surface area contributed by atoms with Crippen LogP contribution in [0.15, 0.2) is 5.16 Å². The molecule has 7 nitrogen and oxygen atoms in total. The number of anilines is 1. The highest BCUT2D eigenvalue weighted by Gasteiger charge is 2.18. The first kappa shape index (κ1) is 14.7. The van der Waals surface area contributed by atoms with Crippen LogP contribution < -0.4 is 5.32 Å². The van der Waals surface area contributed by atoms with Gasteiger partial charge in [0.25, 0.3) is 0 Å². The number of aliphatic carboxylic acids is 1. The molecule has 0 saturated carbocycles. The van der Waals surface area contributed by atoms with Crippen LogP contribution in [-0.4, -0.2) is 51.2 Å². The molecular weight excluding hydrogens is 276 g/mol. The molecule has 2 N–H and O–H groups in total. The van der Waals surface area contributed by atoms with Crippen LogP contribution >= 0.6 is 23.3 Å². The molecule has 1 aromatic heterocycles. The summed E-state index contributed by atoms with van der Waals surface area (Å²) in [5.41, 5.74) is 0. The largest absolute Gasteiger partial charge is 0.481 e. The third-order valence-corrected chi connectivity index (χ3v) is 3.41. The molecule has 0 bridgehead atoms. The van der Waals surface area contributed by atoms with Crippen molar-refractivity contribution in [3.63, 3.8) is 0 Å². The van der Waals surface area contributed by atoms with Crippen molar-refractivity contribution in [2.45, 2.75) is 12.1 Å². The lowest BCUT2D eigenvalue weighted by molar-refractivity contribution is -0.141. The monoisotopic (exact) mass is 290 g/mol. The molecule has 18 heavy (non-hydrogen) atoms. The van der Waals surface area contributed by atoms with E-state index in [9.17, 15) is 9.59 Å². The minimum atomic E-state index is -0.935. The Balaban J connectivity index is 2.51. The Kier molecular flexibility index (Phi) is 5.35.